The van der Waals surface area contributed by atoms with Crippen LogP contribution in [0.4, 0.5) is 16.3 Å². The summed E-state index contributed by atoms with van der Waals surface area (Å²) in [5.74, 6) is 0.497. The Morgan fingerprint density at radius 3 is 2.62 bits per heavy atom. The first-order valence-corrected chi connectivity index (χ1v) is 8.86. The van der Waals surface area contributed by atoms with Gasteiger partial charge in [-0.15, -0.1) is 0 Å². The second-order valence-corrected chi connectivity index (χ2v) is 8.50. The molecular formula is C19H31N3O2. The molecule has 5 heteroatoms. The third-order valence-corrected chi connectivity index (χ3v) is 4.34. The molecule has 1 aliphatic carbocycles. The van der Waals surface area contributed by atoms with Gasteiger partial charge >= 0.3 is 6.09 Å². The van der Waals surface area contributed by atoms with Crippen LogP contribution in [0.1, 0.15) is 66.7 Å². The maximum atomic E-state index is 11.7. The van der Waals surface area contributed by atoms with Gasteiger partial charge in [0.25, 0.3) is 0 Å². The molecule has 1 saturated carbocycles. The Hall–Kier alpha value is -1.78. The fourth-order valence-electron chi connectivity index (χ4n) is 3.00. The van der Waals surface area contributed by atoms with E-state index in [1.54, 1.807) is 12.3 Å². The van der Waals surface area contributed by atoms with Crippen molar-refractivity contribution < 1.29 is 9.53 Å². The Kier molecular flexibility index (Phi) is 5.73. The summed E-state index contributed by atoms with van der Waals surface area (Å²) in [6.07, 6.45) is 7.46. The molecule has 1 aromatic heterocycles. The molecule has 0 saturated heterocycles. The quantitative estimate of drug-likeness (QED) is 0.746. The van der Waals surface area contributed by atoms with Crippen LogP contribution in [0, 0.1) is 5.41 Å². The fraction of sp³-hybridized carbons (Fsp3) is 0.684. The van der Waals surface area contributed by atoms with Gasteiger partial charge in [-0.05, 0) is 64.0 Å². The van der Waals surface area contributed by atoms with Gasteiger partial charge in [0.05, 0.1) is 11.9 Å². The smallest absolute Gasteiger partial charge is 0.413 e. The number of amides is 1. The van der Waals surface area contributed by atoms with Crippen LogP contribution < -0.4 is 10.6 Å². The molecule has 5 nitrogen and oxygen atoms in total. The average Bonchev–Trinajstić information content (AvgIpc) is 2.60. The molecule has 1 heterocycles. The molecule has 0 bridgehead atoms. The summed E-state index contributed by atoms with van der Waals surface area (Å²) in [6.45, 7) is 10.2. The molecule has 1 fully saturated rings. The van der Waals surface area contributed by atoms with Gasteiger partial charge in [-0.2, -0.15) is 0 Å². The molecule has 0 spiro atoms. The van der Waals surface area contributed by atoms with Crippen molar-refractivity contribution in [1.29, 1.82) is 0 Å². The third kappa shape index (κ3) is 6.38. The van der Waals surface area contributed by atoms with E-state index in [0.717, 1.165) is 5.69 Å². The minimum Gasteiger partial charge on any atom is -0.444 e. The highest BCUT2D eigenvalue weighted by atomic mass is 16.6. The van der Waals surface area contributed by atoms with E-state index in [1.807, 2.05) is 26.8 Å². The van der Waals surface area contributed by atoms with Crippen LogP contribution in [0.3, 0.4) is 0 Å². The predicted octanol–water partition coefficient (Wildman–Crippen LogP) is 5.20. The Balaban J connectivity index is 1.87. The summed E-state index contributed by atoms with van der Waals surface area (Å²) in [7, 11) is 0. The number of carbonyl (C=O) groups is 1. The van der Waals surface area contributed by atoms with Crippen LogP contribution in [0.25, 0.3) is 0 Å². The van der Waals surface area contributed by atoms with Crippen molar-refractivity contribution in [2.24, 2.45) is 5.41 Å². The van der Waals surface area contributed by atoms with Gasteiger partial charge in [0.1, 0.15) is 11.4 Å². The van der Waals surface area contributed by atoms with Crippen LogP contribution in [0.2, 0.25) is 0 Å². The number of hydrogen-bond donors (Lipinski definition) is 2. The molecule has 0 radical (unpaired) electrons. The first-order chi connectivity index (χ1) is 11.1. The SMILES string of the molecule is CC1(C)CCCC(Nc2ccc(NC(=O)OC(C)(C)C)nc2)CC1. The Morgan fingerprint density at radius 1 is 1.25 bits per heavy atom. The topological polar surface area (TPSA) is 63.2 Å². The number of rotatable bonds is 3. The number of nitrogens with zero attached hydrogens (tertiary/aromatic N) is 1. The predicted molar refractivity (Wildman–Crippen MR) is 98.4 cm³/mol. The molecule has 0 aromatic carbocycles. The lowest BCUT2D eigenvalue weighted by atomic mass is 9.85. The Morgan fingerprint density at radius 2 is 2.00 bits per heavy atom. The van der Waals surface area contributed by atoms with Crippen LogP contribution in [0.5, 0.6) is 0 Å². The van der Waals surface area contributed by atoms with Crippen LogP contribution >= 0.6 is 0 Å². The van der Waals surface area contributed by atoms with E-state index in [0.29, 0.717) is 17.3 Å². The van der Waals surface area contributed by atoms with Crippen molar-refractivity contribution in [3.05, 3.63) is 18.3 Å². The second kappa shape index (κ2) is 7.41. The first-order valence-electron chi connectivity index (χ1n) is 8.86. The molecule has 2 rings (SSSR count). The third-order valence-electron chi connectivity index (χ3n) is 4.34. The van der Waals surface area contributed by atoms with E-state index in [-0.39, 0.29) is 0 Å². The number of ether oxygens (including phenoxy) is 1. The lowest BCUT2D eigenvalue weighted by Crippen LogP contribution is -2.27. The zero-order valence-corrected chi connectivity index (χ0v) is 15.6. The van der Waals surface area contributed by atoms with Crippen molar-refractivity contribution in [2.45, 2.75) is 78.4 Å². The van der Waals surface area contributed by atoms with E-state index in [9.17, 15) is 4.79 Å². The maximum Gasteiger partial charge on any atom is 0.413 e. The molecule has 1 aliphatic rings. The minimum atomic E-state index is -0.515. The molecule has 134 valence electrons. The average molecular weight is 333 g/mol. The van der Waals surface area contributed by atoms with E-state index >= 15 is 0 Å². The Bertz CT molecular complexity index is 547. The summed E-state index contributed by atoms with van der Waals surface area (Å²) < 4.78 is 5.22. The van der Waals surface area contributed by atoms with Crippen LogP contribution in [-0.2, 0) is 4.74 Å². The van der Waals surface area contributed by atoms with Gasteiger partial charge in [0.2, 0.25) is 0 Å². The van der Waals surface area contributed by atoms with E-state index in [1.165, 1.54) is 32.1 Å². The second-order valence-electron chi connectivity index (χ2n) is 8.50. The highest BCUT2D eigenvalue weighted by molar-refractivity contribution is 5.83. The van der Waals surface area contributed by atoms with Gasteiger partial charge in [-0.3, -0.25) is 5.32 Å². The highest BCUT2D eigenvalue weighted by Gasteiger charge is 2.24. The van der Waals surface area contributed by atoms with Gasteiger partial charge in [0.15, 0.2) is 0 Å². The van der Waals surface area contributed by atoms with Crippen molar-refractivity contribution in [1.82, 2.24) is 4.98 Å². The fourth-order valence-corrected chi connectivity index (χ4v) is 3.00. The number of carbonyl (C=O) groups excluding carboxylic acids is 1. The molecule has 1 aromatic rings. The standard InChI is InChI=1S/C19H31N3O2/c1-18(2,3)24-17(23)22-16-9-8-15(13-20-16)21-14-7-6-11-19(4,5)12-10-14/h8-9,13-14,21H,6-7,10-12H2,1-5H3,(H,20,22,23). The van der Waals surface area contributed by atoms with Gasteiger partial charge in [0, 0.05) is 6.04 Å². The number of anilines is 2. The molecule has 2 N–H and O–H groups in total. The molecule has 1 atom stereocenters. The summed E-state index contributed by atoms with van der Waals surface area (Å²) >= 11 is 0. The summed E-state index contributed by atoms with van der Waals surface area (Å²) in [5.41, 5.74) is 0.934. The van der Waals surface area contributed by atoms with Gasteiger partial charge in [-0.25, -0.2) is 9.78 Å². The van der Waals surface area contributed by atoms with Crippen molar-refractivity contribution in [3.8, 4) is 0 Å². The van der Waals surface area contributed by atoms with E-state index in [2.05, 4.69) is 29.5 Å². The Labute approximate surface area is 145 Å². The largest absolute Gasteiger partial charge is 0.444 e. The summed E-state index contributed by atoms with van der Waals surface area (Å²) in [6, 6.07) is 4.25. The van der Waals surface area contributed by atoms with E-state index < -0.39 is 11.7 Å². The highest BCUT2D eigenvalue weighted by Crippen LogP contribution is 2.34. The lowest BCUT2D eigenvalue weighted by molar-refractivity contribution is 0.0635. The molecule has 24 heavy (non-hydrogen) atoms. The van der Waals surface area contributed by atoms with Gasteiger partial charge < -0.3 is 10.1 Å². The van der Waals surface area contributed by atoms with Crippen molar-refractivity contribution in [3.63, 3.8) is 0 Å². The lowest BCUT2D eigenvalue weighted by Gasteiger charge is -2.22. The van der Waals surface area contributed by atoms with Crippen molar-refractivity contribution >= 4 is 17.6 Å². The molecule has 0 aliphatic heterocycles. The molecule has 1 unspecified atom stereocenters. The summed E-state index contributed by atoms with van der Waals surface area (Å²) in [5, 5.41) is 6.22. The number of pyridine rings is 1. The monoisotopic (exact) mass is 333 g/mol. The minimum absolute atomic E-state index is 0.454. The van der Waals surface area contributed by atoms with Crippen LogP contribution in [-0.4, -0.2) is 22.7 Å². The van der Waals surface area contributed by atoms with Crippen LogP contribution in [0.15, 0.2) is 18.3 Å². The molecular weight excluding hydrogens is 302 g/mol. The number of aromatic nitrogens is 1. The maximum absolute atomic E-state index is 11.7. The van der Waals surface area contributed by atoms with E-state index in [4.69, 9.17) is 4.74 Å². The summed E-state index contributed by atoms with van der Waals surface area (Å²) in [4.78, 5) is 16.0. The zero-order valence-electron chi connectivity index (χ0n) is 15.6. The zero-order chi connectivity index (χ0) is 17.8. The number of nitrogens with one attached hydrogen (secondary N) is 2. The molecule has 1 amide bonds. The van der Waals surface area contributed by atoms with Crippen molar-refractivity contribution in [2.75, 3.05) is 10.6 Å². The van der Waals surface area contributed by atoms with Gasteiger partial charge in [-0.1, -0.05) is 20.3 Å². The number of hydrogen-bond acceptors (Lipinski definition) is 4. The first kappa shape index (κ1) is 18.6. The normalized spacial score (nSPS) is 20.8.